The highest BCUT2D eigenvalue weighted by Gasteiger charge is 2.19. The number of carbonyl (C=O) groups is 1. The highest BCUT2D eigenvalue weighted by molar-refractivity contribution is 7.89. The molecule has 0 aliphatic heterocycles. The van der Waals surface area contributed by atoms with Gasteiger partial charge < -0.3 is 10.6 Å². The van der Waals surface area contributed by atoms with Gasteiger partial charge in [-0.05, 0) is 24.3 Å². The van der Waals surface area contributed by atoms with Crippen LogP contribution in [0.2, 0.25) is 0 Å². The molecule has 6 nitrogen and oxygen atoms in total. The van der Waals surface area contributed by atoms with Gasteiger partial charge in [0, 0.05) is 30.9 Å². The number of amides is 1. The summed E-state index contributed by atoms with van der Waals surface area (Å²) in [5.41, 5.74) is 2.80. The van der Waals surface area contributed by atoms with Crippen LogP contribution in [0.4, 0.5) is 5.69 Å². The minimum Gasteiger partial charge on any atom is -0.328 e. The Morgan fingerprint density at radius 3 is 1.83 bits per heavy atom. The molecule has 0 saturated carbocycles. The minimum absolute atomic E-state index is 0.00533. The van der Waals surface area contributed by atoms with E-state index in [1.807, 2.05) is 41.7 Å². The molecule has 0 atom stereocenters. The van der Waals surface area contributed by atoms with E-state index >= 15 is 0 Å². The van der Waals surface area contributed by atoms with E-state index in [9.17, 15) is 13.2 Å². The SMILES string of the molecule is CN(C)S(=O)(=O)c1ccc(NC(=O)C[NH2+]C(c2ccccc2)c2ccccc2)cc1. The average molecular weight is 425 g/mol. The van der Waals surface area contributed by atoms with Gasteiger partial charge in [0.25, 0.3) is 5.91 Å². The molecule has 3 aromatic carbocycles. The van der Waals surface area contributed by atoms with E-state index in [1.54, 1.807) is 12.1 Å². The van der Waals surface area contributed by atoms with Crippen molar-refractivity contribution in [1.29, 1.82) is 0 Å². The molecule has 0 radical (unpaired) electrons. The molecule has 30 heavy (non-hydrogen) atoms. The molecule has 0 heterocycles. The second-order valence-corrected chi connectivity index (χ2v) is 9.25. The summed E-state index contributed by atoms with van der Waals surface area (Å²) in [5, 5.41) is 4.82. The van der Waals surface area contributed by atoms with Gasteiger partial charge in [0.15, 0.2) is 6.54 Å². The Labute approximate surface area is 177 Å². The lowest BCUT2D eigenvalue weighted by Gasteiger charge is -2.16. The van der Waals surface area contributed by atoms with Crippen molar-refractivity contribution >= 4 is 21.6 Å². The van der Waals surface area contributed by atoms with Crippen LogP contribution in [0.3, 0.4) is 0 Å². The lowest BCUT2D eigenvalue weighted by atomic mass is 9.99. The third kappa shape index (κ3) is 5.33. The van der Waals surface area contributed by atoms with Gasteiger partial charge >= 0.3 is 0 Å². The number of hydrogen-bond donors (Lipinski definition) is 2. The molecule has 7 heteroatoms. The van der Waals surface area contributed by atoms with Crippen molar-refractivity contribution in [3.05, 3.63) is 96.1 Å². The van der Waals surface area contributed by atoms with Crippen LogP contribution < -0.4 is 10.6 Å². The van der Waals surface area contributed by atoms with Gasteiger partial charge in [-0.3, -0.25) is 4.79 Å². The molecular weight excluding hydrogens is 398 g/mol. The number of benzene rings is 3. The van der Waals surface area contributed by atoms with Crippen LogP contribution in [0.15, 0.2) is 89.8 Å². The molecule has 3 N–H and O–H groups in total. The second-order valence-electron chi connectivity index (χ2n) is 7.10. The largest absolute Gasteiger partial charge is 0.328 e. The van der Waals surface area contributed by atoms with E-state index < -0.39 is 10.0 Å². The normalized spacial score (nSPS) is 11.6. The summed E-state index contributed by atoms with van der Waals surface area (Å²) in [6.45, 7) is 0.228. The first-order valence-corrected chi connectivity index (χ1v) is 11.1. The molecule has 156 valence electrons. The molecule has 0 fully saturated rings. The second kappa shape index (κ2) is 9.67. The zero-order valence-electron chi connectivity index (χ0n) is 17.0. The number of carbonyl (C=O) groups excluding carboxylic acids is 1. The summed E-state index contributed by atoms with van der Waals surface area (Å²) in [7, 11) is -0.525. The van der Waals surface area contributed by atoms with Crippen LogP contribution in [0.25, 0.3) is 0 Å². The number of hydrogen-bond acceptors (Lipinski definition) is 3. The molecule has 0 bridgehead atoms. The number of nitrogens with one attached hydrogen (secondary N) is 1. The van der Waals surface area contributed by atoms with E-state index in [1.165, 1.54) is 26.2 Å². The first-order chi connectivity index (χ1) is 14.4. The van der Waals surface area contributed by atoms with Gasteiger partial charge in [0.1, 0.15) is 6.04 Å². The third-order valence-corrected chi connectivity index (χ3v) is 6.60. The summed E-state index contributed by atoms with van der Waals surface area (Å²) >= 11 is 0. The Balaban J connectivity index is 1.66. The third-order valence-electron chi connectivity index (χ3n) is 4.77. The predicted octanol–water partition coefficient (Wildman–Crippen LogP) is 2.23. The fourth-order valence-electron chi connectivity index (χ4n) is 3.14. The first kappa shape index (κ1) is 21.7. The van der Waals surface area contributed by atoms with E-state index in [4.69, 9.17) is 0 Å². The zero-order chi connectivity index (χ0) is 21.6. The van der Waals surface area contributed by atoms with Gasteiger partial charge in [-0.2, -0.15) is 0 Å². The summed E-state index contributed by atoms with van der Waals surface area (Å²) in [6.07, 6.45) is 0. The number of nitrogens with zero attached hydrogens (tertiary/aromatic N) is 1. The summed E-state index contributed by atoms with van der Waals surface area (Å²) in [6, 6.07) is 26.3. The molecule has 3 rings (SSSR count). The van der Waals surface area contributed by atoms with Crippen LogP contribution in [0.1, 0.15) is 17.2 Å². The monoisotopic (exact) mass is 424 g/mol. The molecule has 0 saturated heterocycles. The fraction of sp³-hybridized carbons (Fsp3) is 0.174. The summed E-state index contributed by atoms with van der Waals surface area (Å²) < 4.78 is 25.4. The number of anilines is 1. The van der Waals surface area contributed by atoms with Crippen molar-refractivity contribution in [2.24, 2.45) is 0 Å². The Morgan fingerprint density at radius 1 is 0.867 bits per heavy atom. The van der Waals surface area contributed by atoms with Crippen LogP contribution in [-0.2, 0) is 14.8 Å². The lowest BCUT2D eigenvalue weighted by Crippen LogP contribution is -2.87. The van der Waals surface area contributed by atoms with Gasteiger partial charge in [0.05, 0.1) is 4.90 Å². The maximum atomic E-state index is 12.5. The van der Waals surface area contributed by atoms with Crippen LogP contribution >= 0.6 is 0 Å². The maximum absolute atomic E-state index is 12.5. The number of nitrogens with two attached hydrogens (primary N) is 1. The molecule has 0 aliphatic rings. The van der Waals surface area contributed by atoms with Crippen molar-refractivity contribution in [1.82, 2.24) is 4.31 Å². The Kier molecular flexibility index (Phi) is 6.99. The number of rotatable bonds is 8. The van der Waals surface area contributed by atoms with E-state index in [0.717, 1.165) is 15.4 Å². The molecule has 0 spiro atoms. The Bertz CT molecular complexity index is 1030. The first-order valence-electron chi connectivity index (χ1n) is 9.63. The maximum Gasteiger partial charge on any atom is 0.279 e. The smallest absolute Gasteiger partial charge is 0.279 e. The van der Waals surface area contributed by atoms with Gasteiger partial charge in [0.2, 0.25) is 10.0 Å². The molecule has 0 aromatic heterocycles. The highest BCUT2D eigenvalue weighted by atomic mass is 32.2. The summed E-state index contributed by atoms with van der Waals surface area (Å²) in [4.78, 5) is 12.7. The van der Waals surface area contributed by atoms with Gasteiger partial charge in [-0.1, -0.05) is 60.7 Å². The quantitative estimate of drug-likeness (QED) is 0.582. The topological polar surface area (TPSA) is 83.1 Å². The van der Waals surface area contributed by atoms with Gasteiger partial charge in [-0.25, -0.2) is 12.7 Å². The van der Waals surface area contributed by atoms with Gasteiger partial charge in [-0.15, -0.1) is 0 Å². The molecule has 3 aromatic rings. The highest BCUT2D eigenvalue weighted by Crippen LogP contribution is 2.18. The molecule has 0 aliphatic carbocycles. The van der Waals surface area contributed by atoms with Crippen molar-refractivity contribution in [3.8, 4) is 0 Å². The number of sulfonamides is 1. The molecule has 1 amide bonds. The predicted molar refractivity (Wildman–Crippen MR) is 117 cm³/mol. The lowest BCUT2D eigenvalue weighted by molar-refractivity contribution is -0.676. The molecule has 0 unspecified atom stereocenters. The van der Waals surface area contributed by atoms with Crippen molar-refractivity contribution in [3.63, 3.8) is 0 Å². The summed E-state index contributed by atoms with van der Waals surface area (Å²) in [5.74, 6) is -0.157. The standard InChI is InChI=1S/C23H25N3O3S/c1-26(2)30(28,29)21-15-13-20(14-16-21)25-22(27)17-24-23(18-9-5-3-6-10-18)19-11-7-4-8-12-19/h3-16,23-24H,17H2,1-2H3,(H,25,27)/p+1. The van der Waals surface area contributed by atoms with Crippen LogP contribution in [0.5, 0.6) is 0 Å². The average Bonchev–Trinajstić information content (AvgIpc) is 2.76. The number of quaternary nitrogens is 1. The van der Waals surface area contributed by atoms with E-state index in [0.29, 0.717) is 5.69 Å². The van der Waals surface area contributed by atoms with Crippen molar-refractivity contribution in [2.75, 3.05) is 26.0 Å². The van der Waals surface area contributed by atoms with Crippen molar-refractivity contribution < 1.29 is 18.5 Å². The van der Waals surface area contributed by atoms with E-state index in [-0.39, 0.29) is 23.4 Å². The van der Waals surface area contributed by atoms with Crippen molar-refractivity contribution in [2.45, 2.75) is 10.9 Å². The van der Waals surface area contributed by atoms with E-state index in [2.05, 4.69) is 29.6 Å². The Hall–Kier alpha value is -3.00. The van der Waals surface area contributed by atoms with Crippen LogP contribution in [-0.4, -0.2) is 39.3 Å². The zero-order valence-corrected chi connectivity index (χ0v) is 17.8. The Morgan fingerprint density at radius 2 is 1.37 bits per heavy atom. The fourth-order valence-corrected chi connectivity index (χ4v) is 4.04. The molecular formula is C23H26N3O3S+. The van der Waals surface area contributed by atoms with Crippen LogP contribution in [0, 0.1) is 0 Å². The minimum atomic E-state index is -3.49.